The molecule has 0 saturated carbocycles. The van der Waals surface area contributed by atoms with Crippen LogP contribution in [0.4, 0.5) is 0 Å². The Kier molecular flexibility index (Phi) is 15.2. The molecule has 0 radical (unpaired) electrons. The van der Waals surface area contributed by atoms with Crippen molar-refractivity contribution in [1.29, 1.82) is 0 Å². The van der Waals surface area contributed by atoms with E-state index in [0.29, 0.717) is 13.0 Å². The molecule has 1 N–H and O–H groups in total. The molecule has 0 bridgehead atoms. The van der Waals surface area contributed by atoms with Crippen molar-refractivity contribution in [1.82, 2.24) is 4.90 Å². The van der Waals surface area contributed by atoms with E-state index in [2.05, 4.69) is 6.92 Å². The van der Waals surface area contributed by atoms with Crippen LogP contribution in [0.2, 0.25) is 0 Å². The van der Waals surface area contributed by atoms with E-state index in [1.165, 1.54) is 57.8 Å². The fraction of sp³-hybridized carbons (Fsp3) is 0.947. The molecule has 0 aliphatic heterocycles. The van der Waals surface area contributed by atoms with Gasteiger partial charge in [0.25, 0.3) is 10.1 Å². The minimum Gasteiger partial charge on any atom is -0.342 e. The third kappa shape index (κ3) is 16.6. The second-order valence-corrected chi connectivity index (χ2v) is 8.52. The van der Waals surface area contributed by atoms with Crippen molar-refractivity contribution in [3.63, 3.8) is 0 Å². The Morgan fingerprint density at radius 3 is 1.68 bits per heavy atom. The smallest absolute Gasteiger partial charge is 0.266 e. The molecule has 0 heterocycles. The Morgan fingerprint density at radius 2 is 1.24 bits per heavy atom. The van der Waals surface area contributed by atoms with Crippen LogP contribution in [0.15, 0.2) is 0 Å². The van der Waals surface area contributed by atoms with Crippen LogP contribution >= 0.6 is 0 Å². The van der Waals surface area contributed by atoms with E-state index in [-0.39, 0.29) is 18.2 Å². The van der Waals surface area contributed by atoms with Crippen molar-refractivity contribution in [2.45, 2.75) is 97.3 Å². The topological polar surface area (TPSA) is 74.7 Å². The summed E-state index contributed by atoms with van der Waals surface area (Å²) in [4.78, 5) is 13.7. The van der Waals surface area contributed by atoms with Gasteiger partial charge >= 0.3 is 0 Å². The molecule has 0 unspecified atom stereocenters. The van der Waals surface area contributed by atoms with Gasteiger partial charge in [0.15, 0.2) is 0 Å². The van der Waals surface area contributed by atoms with Crippen LogP contribution in [-0.2, 0) is 14.9 Å². The lowest BCUT2D eigenvalue weighted by atomic mass is 10.1. The molecule has 0 aromatic rings. The normalized spacial score (nSPS) is 11.6. The maximum absolute atomic E-state index is 12.2. The molecule has 5 nitrogen and oxygen atoms in total. The van der Waals surface area contributed by atoms with Gasteiger partial charge in [0, 0.05) is 19.5 Å². The largest absolute Gasteiger partial charge is 0.342 e. The highest BCUT2D eigenvalue weighted by Gasteiger charge is 2.15. The van der Waals surface area contributed by atoms with Crippen LogP contribution in [-0.4, -0.2) is 42.6 Å². The molecule has 0 saturated heterocycles. The fourth-order valence-electron chi connectivity index (χ4n) is 2.96. The van der Waals surface area contributed by atoms with E-state index in [0.717, 1.165) is 19.3 Å². The molecule has 25 heavy (non-hydrogen) atoms. The van der Waals surface area contributed by atoms with Crippen molar-refractivity contribution < 1.29 is 17.8 Å². The fourth-order valence-corrected chi connectivity index (χ4v) is 3.41. The summed E-state index contributed by atoms with van der Waals surface area (Å²) in [6.07, 6.45) is 14.9. The number of amides is 1. The lowest BCUT2D eigenvalue weighted by Gasteiger charge is -2.21. The highest BCUT2D eigenvalue weighted by molar-refractivity contribution is 7.85. The first-order valence-corrected chi connectivity index (χ1v) is 11.7. The molecule has 0 aromatic carbocycles. The number of carbonyl (C=O) groups excluding carboxylic acids is 1. The monoisotopic (exact) mass is 377 g/mol. The van der Waals surface area contributed by atoms with Gasteiger partial charge in [-0.15, -0.1) is 0 Å². The van der Waals surface area contributed by atoms with Crippen LogP contribution < -0.4 is 0 Å². The maximum atomic E-state index is 12.2. The number of hydrogen-bond donors (Lipinski definition) is 1. The molecule has 150 valence electrons. The molecular formula is C19H39NO4S. The van der Waals surface area contributed by atoms with Crippen molar-refractivity contribution in [3.05, 3.63) is 0 Å². The number of unbranched alkanes of at least 4 members (excludes halogenated alkanes) is 10. The molecular weight excluding hydrogens is 338 g/mol. The second-order valence-electron chi connectivity index (χ2n) is 6.95. The minimum absolute atomic E-state index is 0.00132. The standard InChI is InChI=1S/C19H39NO4S/c1-3-5-6-7-8-9-10-11-12-13-14-15-19(21)20(16-4-2)17-18-25(22,23)24/h3-18H2,1-2H3,(H,22,23,24). The van der Waals surface area contributed by atoms with E-state index in [9.17, 15) is 13.2 Å². The van der Waals surface area contributed by atoms with Gasteiger partial charge in [0.2, 0.25) is 5.91 Å². The number of carbonyl (C=O) groups is 1. The SMILES string of the molecule is CCCCCCCCCCCCCC(=O)N(CCC)CCS(=O)(=O)O. The second kappa shape index (κ2) is 15.6. The van der Waals surface area contributed by atoms with Gasteiger partial charge in [-0.1, -0.05) is 78.1 Å². The van der Waals surface area contributed by atoms with Crippen LogP contribution in [0.3, 0.4) is 0 Å². The first-order valence-electron chi connectivity index (χ1n) is 10.1. The number of nitrogens with zero attached hydrogens (tertiary/aromatic N) is 1. The zero-order chi connectivity index (χ0) is 19.0. The summed E-state index contributed by atoms with van der Waals surface area (Å²) in [7, 11) is -4.01. The minimum atomic E-state index is -4.01. The maximum Gasteiger partial charge on any atom is 0.266 e. The van der Waals surface area contributed by atoms with E-state index in [1.807, 2.05) is 6.92 Å². The summed E-state index contributed by atoms with van der Waals surface area (Å²) in [5.74, 6) is -0.377. The summed E-state index contributed by atoms with van der Waals surface area (Å²) < 4.78 is 30.5. The molecule has 0 aromatic heterocycles. The Hall–Kier alpha value is -0.620. The molecule has 0 atom stereocenters. The number of hydrogen-bond acceptors (Lipinski definition) is 3. The third-order valence-electron chi connectivity index (χ3n) is 4.46. The molecule has 0 fully saturated rings. The third-order valence-corrected chi connectivity index (χ3v) is 5.16. The Bertz CT molecular complexity index is 423. The van der Waals surface area contributed by atoms with Gasteiger partial charge in [-0.2, -0.15) is 8.42 Å². The van der Waals surface area contributed by atoms with Crippen molar-refractivity contribution in [3.8, 4) is 0 Å². The summed E-state index contributed by atoms with van der Waals surface area (Å²) >= 11 is 0. The summed E-state index contributed by atoms with van der Waals surface area (Å²) in [5, 5.41) is 0. The van der Waals surface area contributed by atoms with Gasteiger partial charge in [-0.25, -0.2) is 0 Å². The quantitative estimate of drug-likeness (QED) is 0.291. The zero-order valence-electron chi connectivity index (χ0n) is 16.3. The summed E-state index contributed by atoms with van der Waals surface area (Å²) in [6.45, 7) is 4.83. The van der Waals surface area contributed by atoms with Gasteiger partial charge in [0.05, 0.1) is 5.75 Å². The van der Waals surface area contributed by atoms with Crippen LogP contribution in [0.1, 0.15) is 97.3 Å². The van der Waals surface area contributed by atoms with E-state index in [4.69, 9.17) is 4.55 Å². The Morgan fingerprint density at radius 1 is 0.760 bits per heavy atom. The van der Waals surface area contributed by atoms with Crippen molar-refractivity contribution in [2.75, 3.05) is 18.8 Å². The zero-order valence-corrected chi connectivity index (χ0v) is 17.2. The van der Waals surface area contributed by atoms with Crippen LogP contribution in [0, 0.1) is 0 Å². The first kappa shape index (κ1) is 24.4. The molecule has 0 aliphatic rings. The summed E-state index contributed by atoms with van der Waals surface area (Å²) in [5.41, 5.74) is 0. The predicted molar refractivity (Wildman–Crippen MR) is 104 cm³/mol. The van der Waals surface area contributed by atoms with Crippen LogP contribution in [0.5, 0.6) is 0 Å². The van der Waals surface area contributed by atoms with Gasteiger partial charge in [-0.3, -0.25) is 9.35 Å². The Balaban J connectivity index is 3.68. The average molecular weight is 378 g/mol. The Labute approximate surface area is 155 Å². The van der Waals surface area contributed by atoms with Gasteiger partial charge in [-0.05, 0) is 12.8 Å². The van der Waals surface area contributed by atoms with Gasteiger partial charge in [0.1, 0.15) is 0 Å². The highest BCUT2D eigenvalue weighted by atomic mass is 32.2. The van der Waals surface area contributed by atoms with Crippen molar-refractivity contribution >= 4 is 16.0 Å². The lowest BCUT2D eigenvalue weighted by molar-refractivity contribution is -0.131. The molecule has 1 amide bonds. The first-order chi connectivity index (χ1) is 11.9. The van der Waals surface area contributed by atoms with E-state index < -0.39 is 10.1 Å². The molecule has 6 heteroatoms. The molecule has 0 spiro atoms. The molecule has 0 rings (SSSR count). The highest BCUT2D eigenvalue weighted by Crippen LogP contribution is 2.12. The van der Waals surface area contributed by atoms with Crippen LogP contribution in [0.25, 0.3) is 0 Å². The molecule has 0 aliphatic carbocycles. The number of rotatable bonds is 17. The van der Waals surface area contributed by atoms with E-state index >= 15 is 0 Å². The average Bonchev–Trinajstić information content (AvgIpc) is 2.55. The lowest BCUT2D eigenvalue weighted by Crippen LogP contribution is -2.35. The summed E-state index contributed by atoms with van der Waals surface area (Å²) in [6, 6.07) is 0. The predicted octanol–water partition coefficient (Wildman–Crippen LogP) is 4.81. The van der Waals surface area contributed by atoms with E-state index in [1.54, 1.807) is 4.90 Å². The van der Waals surface area contributed by atoms with Crippen molar-refractivity contribution in [2.24, 2.45) is 0 Å². The van der Waals surface area contributed by atoms with Gasteiger partial charge < -0.3 is 4.90 Å².